The van der Waals surface area contributed by atoms with Gasteiger partial charge in [0.15, 0.2) is 18.1 Å². The molecule has 0 N–H and O–H groups in total. The van der Waals surface area contributed by atoms with Crippen molar-refractivity contribution in [3.63, 3.8) is 0 Å². The molecule has 0 atom stereocenters. The van der Waals surface area contributed by atoms with Crippen molar-refractivity contribution in [2.75, 3.05) is 39.4 Å². The number of hydrogen-bond donors (Lipinski definition) is 0. The number of amides is 1. The summed E-state index contributed by atoms with van der Waals surface area (Å²) in [5.41, 5.74) is 0.982. The molecule has 1 amide bonds. The van der Waals surface area contributed by atoms with Crippen molar-refractivity contribution >= 4 is 45.7 Å². The molecule has 0 aliphatic carbocycles. The molecule has 0 unspecified atom stereocenters. The highest BCUT2D eigenvalue weighted by atomic mass is 127. The van der Waals surface area contributed by atoms with Gasteiger partial charge in [-0.25, -0.2) is 0 Å². The van der Waals surface area contributed by atoms with Crippen molar-refractivity contribution in [2.45, 2.75) is 39.5 Å². The number of benzene rings is 1. The van der Waals surface area contributed by atoms with Gasteiger partial charge in [-0.15, -0.1) is 0 Å². The van der Waals surface area contributed by atoms with Crippen LogP contribution in [0, 0.1) is 9.49 Å². The van der Waals surface area contributed by atoms with Crippen LogP contribution in [0.1, 0.15) is 45.1 Å². The van der Waals surface area contributed by atoms with Crippen LogP contribution in [-0.4, -0.2) is 60.1 Å². The number of piperidine rings is 1. The minimum Gasteiger partial charge on any atom is -0.490 e. The minimum absolute atomic E-state index is 0.0396. The van der Waals surface area contributed by atoms with Gasteiger partial charge >= 0.3 is 0 Å². The Morgan fingerprint density at radius 3 is 2.46 bits per heavy atom. The van der Waals surface area contributed by atoms with Crippen molar-refractivity contribution < 1.29 is 14.3 Å². The van der Waals surface area contributed by atoms with E-state index in [0.29, 0.717) is 18.1 Å². The summed E-state index contributed by atoms with van der Waals surface area (Å²) < 4.78 is 12.7. The molecule has 2 saturated heterocycles. The molecule has 7 heteroatoms. The number of carbonyl (C=O) groups is 1. The molecule has 0 radical (unpaired) electrons. The van der Waals surface area contributed by atoms with Crippen molar-refractivity contribution in [3.05, 3.63) is 21.3 Å². The molecule has 5 nitrogen and oxygen atoms in total. The lowest BCUT2D eigenvalue weighted by atomic mass is 9.99. The van der Waals surface area contributed by atoms with E-state index in [1.807, 2.05) is 24.0 Å². The number of hydrogen-bond acceptors (Lipinski definition) is 4. The molecule has 0 spiro atoms. The average Bonchev–Trinajstić information content (AvgIpc) is 3.22. The van der Waals surface area contributed by atoms with Crippen LogP contribution in [0.3, 0.4) is 0 Å². The predicted molar refractivity (Wildman–Crippen MR) is 123 cm³/mol. The van der Waals surface area contributed by atoms with Crippen LogP contribution in [0.25, 0.3) is 0 Å². The largest absolute Gasteiger partial charge is 0.490 e. The number of nitrogens with zero attached hydrogens (tertiary/aromatic N) is 2. The predicted octanol–water partition coefficient (Wildman–Crippen LogP) is 4.10. The van der Waals surface area contributed by atoms with Crippen molar-refractivity contribution in [3.8, 4) is 11.5 Å². The van der Waals surface area contributed by atoms with Gasteiger partial charge in [0, 0.05) is 31.7 Å². The van der Waals surface area contributed by atoms with Crippen molar-refractivity contribution in [2.24, 2.45) is 5.92 Å². The van der Waals surface area contributed by atoms with Crippen LogP contribution in [-0.2, 0) is 4.79 Å². The van der Waals surface area contributed by atoms with Gasteiger partial charge in [-0.05, 0) is 73.2 Å². The van der Waals surface area contributed by atoms with Gasteiger partial charge in [-0.2, -0.15) is 0 Å². The average molecular weight is 516 g/mol. The maximum atomic E-state index is 12.3. The normalized spacial score (nSPS) is 17.7. The summed E-state index contributed by atoms with van der Waals surface area (Å²) in [5, 5.41) is 0. The van der Waals surface area contributed by atoms with E-state index in [0.717, 1.165) is 59.1 Å². The summed E-state index contributed by atoms with van der Waals surface area (Å²) in [6, 6.07) is 4.00. The highest BCUT2D eigenvalue weighted by Crippen LogP contribution is 2.35. The molecule has 3 rings (SSSR count). The van der Waals surface area contributed by atoms with Gasteiger partial charge in [-0.3, -0.25) is 4.79 Å². The Kier molecular flexibility index (Phi) is 7.79. The molecule has 2 heterocycles. The number of carbonyl (C=O) groups excluding carboxylic acids is 1. The Hall–Kier alpha value is -1.09. The van der Waals surface area contributed by atoms with E-state index < -0.39 is 0 Å². The highest BCUT2D eigenvalue weighted by molar-refractivity contribution is 14.1. The topological polar surface area (TPSA) is 42.0 Å². The monoisotopic (exact) mass is 516 g/mol. The fourth-order valence-corrected chi connectivity index (χ4v) is 4.74. The molecule has 0 aromatic heterocycles. The smallest absolute Gasteiger partial charge is 0.260 e. The Labute approximate surface area is 186 Å². The summed E-state index contributed by atoms with van der Waals surface area (Å²) >= 11 is 8.02. The van der Waals surface area contributed by atoms with E-state index in [2.05, 4.69) is 34.4 Å². The lowest BCUT2D eigenvalue weighted by molar-refractivity contribution is -0.132. The Morgan fingerprint density at radius 1 is 1.14 bits per heavy atom. The summed E-state index contributed by atoms with van der Waals surface area (Å²) in [6.07, 6.45) is 4.51. The van der Waals surface area contributed by atoms with Crippen molar-refractivity contribution in [1.29, 1.82) is 0 Å². The standard InChI is InChI=1S/C21H29IN2O3S/c1-3-26-18-13-16(21(28)24-10-6-15(2)7-11-24)12-17(22)20(18)27-14-19(25)23-8-4-5-9-23/h12-13,15H,3-11,14H2,1-2H3. The van der Waals surface area contributed by atoms with Crippen LogP contribution >= 0.6 is 34.8 Å². The lowest BCUT2D eigenvalue weighted by Gasteiger charge is -2.32. The molecule has 0 bridgehead atoms. The molecule has 1 aromatic carbocycles. The zero-order valence-electron chi connectivity index (χ0n) is 16.7. The molecule has 154 valence electrons. The Bertz CT molecular complexity index is 714. The number of rotatable bonds is 6. The van der Waals surface area contributed by atoms with E-state index in [1.54, 1.807) is 0 Å². The number of thiocarbonyl (C=S) groups is 1. The van der Waals surface area contributed by atoms with E-state index >= 15 is 0 Å². The van der Waals surface area contributed by atoms with Crippen LogP contribution in [0.5, 0.6) is 11.5 Å². The summed E-state index contributed by atoms with van der Waals surface area (Å²) in [7, 11) is 0. The summed E-state index contributed by atoms with van der Waals surface area (Å²) in [4.78, 5) is 17.4. The molecule has 1 aromatic rings. The Balaban J connectivity index is 1.73. The fraction of sp³-hybridized carbons (Fsp3) is 0.619. The highest BCUT2D eigenvalue weighted by Gasteiger charge is 2.23. The third kappa shape index (κ3) is 5.28. The van der Waals surface area contributed by atoms with E-state index in [-0.39, 0.29) is 12.5 Å². The lowest BCUT2D eigenvalue weighted by Crippen LogP contribution is -2.37. The summed E-state index contributed by atoms with van der Waals surface area (Å²) in [5.74, 6) is 2.10. The Morgan fingerprint density at radius 2 is 1.82 bits per heavy atom. The van der Waals surface area contributed by atoms with Gasteiger partial charge in [-0.1, -0.05) is 19.1 Å². The van der Waals surface area contributed by atoms with Crippen LogP contribution < -0.4 is 9.47 Å². The first-order valence-electron chi connectivity index (χ1n) is 10.2. The van der Waals surface area contributed by atoms with Crippen LogP contribution in [0.4, 0.5) is 0 Å². The van der Waals surface area contributed by atoms with Gasteiger partial charge in [0.25, 0.3) is 5.91 Å². The maximum Gasteiger partial charge on any atom is 0.260 e. The summed E-state index contributed by atoms with van der Waals surface area (Å²) in [6.45, 7) is 8.49. The third-order valence-electron chi connectivity index (χ3n) is 5.43. The minimum atomic E-state index is 0.0396. The van der Waals surface area contributed by atoms with Crippen LogP contribution in [0.15, 0.2) is 12.1 Å². The number of halogens is 1. The van der Waals surface area contributed by atoms with Crippen molar-refractivity contribution in [1.82, 2.24) is 9.80 Å². The third-order valence-corrected chi connectivity index (χ3v) is 6.72. The van der Waals surface area contributed by atoms with E-state index in [9.17, 15) is 4.79 Å². The van der Waals surface area contributed by atoms with Crippen LogP contribution in [0.2, 0.25) is 0 Å². The molecule has 28 heavy (non-hydrogen) atoms. The number of ether oxygens (including phenoxy) is 2. The van der Waals surface area contributed by atoms with Gasteiger partial charge in [0.2, 0.25) is 0 Å². The first kappa shape index (κ1) is 21.6. The van der Waals surface area contributed by atoms with Gasteiger partial charge in [0.05, 0.1) is 10.2 Å². The van der Waals surface area contributed by atoms with Gasteiger partial charge in [0.1, 0.15) is 4.99 Å². The first-order valence-corrected chi connectivity index (χ1v) is 11.6. The fourth-order valence-electron chi connectivity index (χ4n) is 3.68. The molecule has 2 fully saturated rings. The van der Waals surface area contributed by atoms with E-state index in [4.69, 9.17) is 21.7 Å². The second-order valence-corrected chi connectivity index (χ2v) is 9.12. The quantitative estimate of drug-likeness (QED) is 0.421. The van der Waals surface area contributed by atoms with E-state index in [1.165, 1.54) is 12.8 Å². The van der Waals surface area contributed by atoms with Gasteiger partial charge < -0.3 is 19.3 Å². The second kappa shape index (κ2) is 10.1. The maximum absolute atomic E-state index is 12.3. The molecular weight excluding hydrogens is 487 g/mol. The number of likely N-dealkylation sites (tertiary alicyclic amines) is 2. The molecular formula is C21H29IN2O3S. The first-order chi connectivity index (χ1) is 13.5. The molecule has 2 aliphatic heterocycles. The SMILES string of the molecule is CCOc1cc(C(=S)N2CCC(C)CC2)cc(I)c1OCC(=O)N1CCCC1. The zero-order chi connectivity index (χ0) is 20.1. The molecule has 2 aliphatic rings. The zero-order valence-corrected chi connectivity index (χ0v) is 19.7. The second-order valence-electron chi connectivity index (χ2n) is 7.57. The molecule has 0 saturated carbocycles.